The molecule has 0 atom stereocenters. The van der Waals surface area contributed by atoms with Gasteiger partial charge in [-0.15, -0.1) is 0 Å². The minimum Gasteiger partial charge on any atom is -0.325 e. The molecule has 17 heavy (non-hydrogen) atoms. The number of nitro benzene ring substituents is 1. The second-order valence-corrected chi connectivity index (χ2v) is 3.71. The molecule has 0 fully saturated rings. The molecule has 1 aromatic carbocycles. The maximum absolute atomic E-state index is 10.9. The lowest BCUT2D eigenvalue weighted by atomic mass is 10.2. The number of nitrogens with zero attached hydrogens (tertiary/aromatic N) is 3. The van der Waals surface area contributed by atoms with Crippen LogP contribution in [0.5, 0.6) is 0 Å². The summed E-state index contributed by atoms with van der Waals surface area (Å²) in [7, 11) is 0. The van der Waals surface area contributed by atoms with Crippen LogP contribution in [0, 0.1) is 17.0 Å². The van der Waals surface area contributed by atoms with Gasteiger partial charge in [-0.1, -0.05) is 6.07 Å². The van der Waals surface area contributed by atoms with Crippen molar-refractivity contribution < 1.29 is 4.92 Å². The zero-order valence-electron chi connectivity index (χ0n) is 9.33. The van der Waals surface area contributed by atoms with Crippen molar-refractivity contribution in [2.24, 2.45) is 5.73 Å². The summed E-state index contributed by atoms with van der Waals surface area (Å²) in [5.41, 5.74) is 7.58. The van der Waals surface area contributed by atoms with Gasteiger partial charge in [-0.2, -0.15) is 5.10 Å². The van der Waals surface area contributed by atoms with Crippen molar-refractivity contribution in [2.45, 2.75) is 13.5 Å². The number of benzene rings is 1. The van der Waals surface area contributed by atoms with E-state index in [1.165, 1.54) is 10.7 Å². The first kappa shape index (κ1) is 11.3. The molecule has 0 spiro atoms. The predicted molar refractivity (Wildman–Crippen MR) is 62.8 cm³/mol. The smallest absolute Gasteiger partial charge is 0.294 e. The van der Waals surface area contributed by atoms with E-state index in [4.69, 9.17) is 5.73 Å². The number of hydrogen-bond donors (Lipinski definition) is 1. The Hall–Kier alpha value is -2.21. The summed E-state index contributed by atoms with van der Waals surface area (Å²) >= 11 is 0. The van der Waals surface area contributed by atoms with Crippen LogP contribution in [0.15, 0.2) is 30.5 Å². The lowest BCUT2D eigenvalue weighted by Gasteiger charge is -2.04. The molecule has 2 rings (SSSR count). The molecule has 6 nitrogen and oxygen atoms in total. The van der Waals surface area contributed by atoms with Crippen LogP contribution in [0.3, 0.4) is 0 Å². The van der Waals surface area contributed by atoms with Gasteiger partial charge in [0.2, 0.25) is 0 Å². The minimum absolute atomic E-state index is 0.0299. The highest BCUT2D eigenvalue weighted by Crippen LogP contribution is 2.23. The molecule has 0 aliphatic heterocycles. The summed E-state index contributed by atoms with van der Waals surface area (Å²) in [5.74, 6) is 0. The Kier molecular flexibility index (Phi) is 2.88. The van der Waals surface area contributed by atoms with Crippen molar-refractivity contribution in [2.75, 3.05) is 0 Å². The van der Waals surface area contributed by atoms with Crippen LogP contribution in [0.2, 0.25) is 0 Å². The molecular formula is C11H12N4O2. The molecule has 1 aromatic heterocycles. The van der Waals surface area contributed by atoms with Gasteiger partial charge >= 0.3 is 0 Å². The van der Waals surface area contributed by atoms with Crippen LogP contribution in [-0.4, -0.2) is 14.7 Å². The number of aryl methyl sites for hydroxylation is 1. The van der Waals surface area contributed by atoms with Gasteiger partial charge in [0.25, 0.3) is 5.69 Å². The third-order valence-corrected chi connectivity index (χ3v) is 2.43. The highest BCUT2D eigenvalue weighted by molar-refractivity contribution is 5.53. The fourth-order valence-electron chi connectivity index (χ4n) is 1.58. The normalized spacial score (nSPS) is 10.5. The third kappa shape index (κ3) is 2.16. The van der Waals surface area contributed by atoms with E-state index in [1.54, 1.807) is 24.4 Å². The van der Waals surface area contributed by atoms with Gasteiger partial charge in [-0.05, 0) is 24.6 Å². The Labute approximate surface area is 97.8 Å². The number of aromatic nitrogens is 2. The van der Waals surface area contributed by atoms with E-state index in [0.717, 1.165) is 5.56 Å². The van der Waals surface area contributed by atoms with E-state index in [9.17, 15) is 10.1 Å². The maximum Gasteiger partial charge on any atom is 0.294 e. The molecule has 2 aromatic rings. The van der Waals surface area contributed by atoms with Gasteiger partial charge in [-0.25, -0.2) is 4.68 Å². The number of rotatable bonds is 3. The molecule has 6 heteroatoms. The summed E-state index contributed by atoms with van der Waals surface area (Å²) < 4.78 is 1.48. The summed E-state index contributed by atoms with van der Waals surface area (Å²) in [6.07, 6.45) is 1.67. The Morgan fingerprint density at radius 1 is 1.47 bits per heavy atom. The van der Waals surface area contributed by atoms with Gasteiger partial charge < -0.3 is 5.73 Å². The summed E-state index contributed by atoms with van der Waals surface area (Å²) in [6.45, 7) is 2.19. The second kappa shape index (κ2) is 4.34. The topological polar surface area (TPSA) is 87.0 Å². The highest BCUT2D eigenvalue weighted by Gasteiger charge is 2.15. The molecule has 0 unspecified atom stereocenters. The number of hydrogen-bond acceptors (Lipinski definition) is 4. The molecule has 0 saturated heterocycles. The Morgan fingerprint density at radius 3 is 2.82 bits per heavy atom. The Morgan fingerprint density at radius 2 is 2.24 bits per heavy atom. The van der Waals surface area contributed by atoms with Crippen molar-refractivity contribution in [1.82, 2.24) is 9.78 Å². The molecule has 1 heterocycles. The summed E-state index contributed by atoms with van der Waals surface area (Å²) in [4.78, 5) is 10.5. The summed E-state index contributed by atoms with van der Waals surface area (Å²) in [6, 6.07) is 6.65. The maximum atomic E-state index is 10.9. The molecule has 88 valence electrons. The van der Waals surface area contributed by atoms with Gasteiger partial charge in [0.15, 0.2) is 0 Å². The number of nitro groups is 1. The fraction of sp³-hybridized carbons (Fsp3) is 0.182. The standard InChI is InChI=1S/C11H12N4O2/c1-8-2-3-10(15(16)17)11(6-8)14-5-4-9(7-12)13-14/h2-6H,7,12H2,1H3. The molecule has 0 bridgehead atoms. The molecule has 0 aliphatic rings. The molecule has 0 amide bonds. The monoisotopic (exact) mass is 232 g/mol. The SMILES string of the molecule is Cc1ccc([N+](=O)[O-])c(-n2ccc(CN)n2)c1. The Bertz CT molecular complexity index is 562. The zero-order chi connectivity index (χ0) is 12.4. The minimum atomic E-state index is -0.418. The molecule has 0 radical (unpaired) electrons. The average Bonchev–Trinajstić information content (AvgIpc) is 2.76. The third-order valence-electron chi connectivity index (χ3n) is 2.43. The van der Waals surface area contributed by atoms with E-state index < -0.39 is 4.92 Å². The van der Waals surface area contributed by atoms with Crippen molar-refractivity contribution >= 4 is 5.69 Å². The first-order valence-corrected chi connectivity index (χ1v) is 5.12. The lowest BCUT2D eigenvalue weighted by Crippen LogP contribution is -2.03. The molecular weight excluding hydrogens is 220 g/mol. The first-order chi connectivity index (χ1) is 8.11. The van der Waals surface area contributed by atoms with Gasteiger partial charge in [0.05, 0.1) is 10.6 Å². The van der Waals surface area contributed by atoms with Crippen molar-refractivity contribution in [3.05, 3.63) is 51.8 Å². The van der Waals surface area contributed by atoms with Crippen LogP contribution in [0.25, 0.3) is 5.69 Å². The number of nitrogens with two attached hydrogens (primary N) is 1. The van der Waals surface area contributed by atoms with E-state index in [2.05, 4.69) is 5.10 Å². The fourth-order valence-corrected chi connectivity index (χ4v) is 1.58. The molecule has 0 aliphatic carbocycles. The van der Waals surface area contributed by atoms with Crippen LogP contribution in [-0.2, 0) is 6.54 Å². The van der Waals surface area contributed by atoms with Crippen LogP contribution < -0.4 is 5.73 Å². The average molecular weight is 232 g/mol. The largest absolute Gasteiger partial charge is 0.325 e. The molecule has 0 saturated carbocycles. The van der Waals surface area contributed by atoms with E-state index >= 15 is 0 Å². The van der Waals surface area contributed by atoms with Crippen LogP contribution >= 0.6 is 0 Å². The molecule has 2 N–H and O–H groups in total. The first-order valence-electron chi connectivity index (χ1n) is 5.12. The van der Waals surface area contributed by atoms with Crippen LogP contribution in [0.4, 0.5) is 5.69 Å². The van der Waals surface area contributed by atoms with Crippen molar-refractivity contribution in [1.29, 1.82) is 0 Å². The van der Waals surface area contributed by atoms with Crippen molar-refractivity contribution in [3.63, 3.8) is 0 Å². The second-order valence-electron chi connectivity index (χ2n) is 3.71. The van der Waals surface area contributed by atoms with Gasteiger partial charge in [0.1, 0.15) is 5.69 Å². The highest BCUT2D eigenvalue weighted by atomic mass is 16.6. The predicted octanol–water partition coefficient (Wildman–Crippen LogP) is 1.55. The van der Waals surface area contributed by atoms with E-state index in [-0.39, 0.29) is 5.69 Å². The van der Waals surface area contributed by atoms with E-state index in [1.807, 2.05) is 6.92 Å². The van der Waals surface area contributed by atoms with Gasteiger partial charge in [-0.3, -0.25) is 10.1 Å². The van der Waals surface area contributed by atoms with Crippen molar-refractivity contribution in [3.8, 4) is 5.69 Å². The van der Waals surface area contributed by atoms with Gasteiger partial charge in [0, 0.05) is 18.8 Å². The quantitative estimate of drug-likeness (QED) is 0.642. The summed E-state index contributed by atoms with van der Waals surface area (Å²) in [5, 5.41) is 15.1. The zero-order valence-corrected chi connectivity index (χ0v) is 9.33. The van der Waals surface area contributed by atoms with Crippen LogP contribution in [0.1, 0.15) is 11.3 Å². The lowest BCUT2D eigenvalue weighted by molar-refractivity contribution is -0.384. The van der Waals surface area contributed by atoms with E-state index in [0.29, 0.717) is 17.9 Å². The Balaban J connectivity index is 2.56.